The van der Waals surface area contributed by atoms with E-state index in [9.17, 15) is 14.0 Å². The van der Waals surface area contributed by atoms with Gasteiger partial charge in [-0.1, -0.05) is 84.4 Å². The molecule has 6 rings (SSSR count). The van der Waals surface area contributed by atoms with Gasteiger partial charge in [-0.05, 0) is 59.4 Å². The lowest BCUT2D eigenvalue weighted by molar-refractivity contribution is -0.915. The minimum atomic E-state index is -0.702. The molecule has 288 valence electrons. The highest BCUT2D eigenvalue weighted by Gasteiger charge is 2.40. The van der Waals surface area contributed by atoms with E-state index in [0.717, 1.165) is 54.0 Å². The number of benzene rings is 4. The molecule has 2 aliphatic heterocycles. The van der Waals surface area contributed by atoms with Crippen molar-refractivity contribution in [2.75, 3.05) is 59.5 Å². The highest BCUT2D eigenvalue weighted by Crippen LogP contribution is 2.31. The van der Waals surface area contributed by atoms with Crippen LogP contribution in [0.15, 0.2) is 97.1 Å². The molecule has 2 amide bonds. The Kier molecular flexibility index (Phi) is 15.2. The normalized spacial score (nSPS) is 19.3. The third kappa shape index (κ3) is 11.0. The molecular formula is C43H51ClFIN4O4. The number of halogens is 3. The van der Waals surface area contributed by atoms with E-state index in [0.29, 0.717) is 50.6 Å². The Morgan fingerprint density at radius 1 is 0.926 bits per heavy atom. The second kappa shape index (κ2) is 19.7. The van der Waals surface area contributed by atoms with Gasteiger partial charge in [-0.3, -0.25) is 9.69 Å². The van der Waals surface area contributed by atoms with E-state index >= 15 is 0 Å². The van der Waals surface area contributed by atoms with Gasteiger partial charge in [-0.2, -0.15) is 0 Å². The smallest absolute Gasteiger partial charge is 0.408 e. The number of amides is 2. The number of hydrogen-bond donors (Lipinski definition) is 1. The van der Waals surface area contributed by atoms with E-state index in [1.54, 1.807) is 12.1 Å². The summed E-state index contributed by atoms with van der Waals surface area (Å²) >= 11 is 6.47. The molecular weight excluding hydrogens is 818 g/mol. The van der Waals surface area contributed by atoms with Crippen LogP contribution >= 0.6 is 11.6 Å². The van der Waals surface area contributed by atoms with Gasteiger partial charge in [0.05, 0.1) is 33.3 Å². The molecule has 2 aliphatic rings. The van der Waals surface area contributed by atoms with Gasteiger partial charge < -0.3 is 48.2 Å². The monoisotopic (exact) mass is 868 g/mol. The van der Waals surface area contributed by atoms with Crippen molar-refractivity contribution in [2.24, 2.45) is 5.92 Å². The number of carbonyl (C=O) groups is 2. The fourth-order valence-electron chi connectivity index (χ4n) is 7.63. The van der Waals surface area contributed by atoms with E-state index in [1.165, 1.54) is 22.8 Å². The Bertz CT molecular complexity index is 1820. The highest BCUT2D eigenvalue weighted by atomic mass is 127. The summed E-state index contributed by atoms with van der Waals surface area (Å²) in [6.45, 7) is 7.72. The van der Waals surface area contributed by atoms with E-state index in [2.05, 4.69) is 53.7 Å². The lowest BCUT2D eigenvalue weighted by Gasteiger charge is -2.43. The Balaban J connectivity index is 0.00000561. The van der Waals surface area contributed by atoms with Crippen molar-refractivity contribution in [1.82, 2.24) is 15.1 Å². The van der Waals surface area contributed by atoms with Crippen LogP contribution in [0.3, 0.4) is 0 Å². The topological polar surface area (TPSA) is 71.1 Å². The van der Waals surface area contributed by atoms with Gasteiger partial charge in [0.1, 0.15) is 24.2 Å². The van der Waals surface area contributed by atoms with Gasteiger partial charge in [0, 0.05) is 62.6 Å². The molecule has 0 aromatic heterocycles. The first kappa shape index (κ1) is 41.5. The lowest BCUT2D eigenvalue weighted by atomic mass is 9.87. The fourth-order valence-corrected chi connectivity index (χ4v) is 7.82. The first-order valence-corrected chi connectivity index (χ1v) is 19.1. The van der Waals surface area contributed by atoms with Crippen LogP contribution in [-0.4, -0.2) is 91.8 Å². The minimum absolute atomic E-state index is 0. The second-order valence-corrected chi connectivity index (χ2v) is 14.9. The summed E-state index contributed by atoms with van der Waals surface area (Å²) in [4.78, 5) is 31.5. The molecule has 0 spiro atoms. The fraction of sp³-hybridized carbons (Fsp3) is 0.395. The zero-order valence-electron chi connectivity index (χ0n) is 31.2. The zero-order valence-corrected chi connectivity index (χ0v) is 34.1. The van der Waals surface area contributed by atoms with Crippen LogP contribution in [0.2, 0.25) is 5.02 Å². The molecule has 4 aromatic rings. The van der Waals surface area contributed by atoms with Gasteiger partial charge in [0.25, 0.3) is 0 Å². The molecule has 0 aliphatic carbocycles. The Labute approximate surface area is 341 Å². The quantitative estimate of drug-likeness (QED) is 0.158. The molecule has 0 radical (unpaired) electrons. The van der Waals surface area contributed by atoms with Crippen molar-refractivity contribution >= 4 is 23.6 Å². The van der Waals surface area contributed by atoms with Crippen LogP contribution in [-0.2, 0) is 29.1 Å². The molecule has 0 saturated carbocycles. The van der Waals surface area contributed by atoms with E-state index in [4.69, 9.17) is 21.1 Å². The van der Waals surface area contributed by atoms with Gasteiger partial charge in [0.2, 0.25) is 5.91 Å². The first-order chi connectivity index (χ1) is 25.7. The van der Waals surface area contributed by atoms with E-state index < -0.39 is 12.1 Å². The number of alkyl carbamates (subject to hydrolysis) is 1. The van der Waals surface area contributed by atoms with Crippen molar-refractivity contribution in [3.8, 4) is 16.9 Å². The maximum atomic E-state index is 14.8. The molecule has 1 atom stereocenters. The molecule has 1 N–H and O–H groups in total. The van der Waals surface area contributed by atoms with Gasteiger partial charge in [-0.15, -0.1) is 0 Å². The number of ether oxygens (including phenoxy) is 2. The van der Waals surface area contributed by atoms with Crippen LogP contribution in [0.4, 0.5) is 9.18 Å². The predicted molar refractivity (Wildman–Crippen MR) is 207 cm³/mol. The average molecular weight is 869 g/mol. The number of nitrogens with zero attached hydrogens (tertiary/aromatic N) is 3. The summed E-state index contributed by atoms with van der Waals surface area (Å²) in [6, 6.07) is 30.3. The number of carbonyl (C=O) groups excluding carboxylic acids is 2. The molecule has 4 aromatic carbocycles. The van der Waals surface area contributed by atoms with Gasteiger partial charge in [-0.25, -0.2) is 9.18 Å². The average Bonchev–Trinajstić information content (AvgIpc) is 3.18. The van der Waals surface area contributed by atoms with Crippen molar-refractivity contribution in [1.29, 1.82) is 0 Å². The lowest BCUT2D eigenvalue weighted by Crippen LogP contribution is -3.00. The summed E-state index contributed by atoms with van der Waals surface area (Å²) in [5.74, 6) is 0.139. The van der Waals surface area contributed by atoms with Crippen LogP contribution in [0.1, 0.15) is 36.5 Å². The standard InChI is InChI=1S/C43H50ClFN4O4.HI/c1-3-52-40-16-10-15-39(45)38(40)30-47-22-24-48(25-23-47)42(50)41(46-43(51)53-31-32-11-6-4-7-12-32)34-19-26-49(2,27-20-34)28-21-35-29-36(44)17-18-37(35)33-13-8-5-9-14-33;/h4-18,29,34,41H,3,19-28,30-31H2,1-2H3;1H. The summed E-state index contributed by atoms with van der Waals surface area (Å²) in [5.41, 5.74) is 5.01. The number of quaternary nitrogens is 1. The molecule has 2 heterocycles. The molecule has 1 unspecified atom stereocenters. The van der Waals surface area contributed by atoms with Crippen LogP contribution in [0.25, 0.3) is 11.1 Å². The third-order valence-electron chi connectivity index (χ3n) is 10.8. The minimum Gasteiger partial charge on any atom is -1.00 e. The Morgan fingerprint density at radius 2 is 1.61 bits per heavy atom. The van der Waals surface area contributed by atoms with Crippen molar-refractivity contribution in [2.45, 2.75) is 45.4 Å². The number of nitrogens with one attached hydrogen (secondary N) is 1. The number of rotatable bonds is 13. The molecule has 2 fully saturated rings. The summed E-state index contributed by atoms with van der Waals surface area (Å²) in [7, 11) is 2.28. The predicted octanol–water partition coefficient (Wildman–Crippen LogP) is 4.59. The number of likely N-dealkylation sites (N-methyl/N-ethyl adjacent to an activating group) is 1. The maximum Gasteiger partial charge on any atom is 0.408 e. The highest BCUT2D eigenvalue weighted by molar-refractivity contribution is 6.30. The molecule has 2 saturated heterocycles. The number of hydrogen-bond acceptors (Lipinski definition) is 5. The summed E-state index contributed by atoms with van der Waals surface area (Å²) in [5, 5.41) is 3.73. The van der Waals surface area contributed by atoms with Crippen molar-refractivity contribution < 1.29 is 51.9 Å². The second-order valence-electron chi connectivity index (χ2n) is 14.5. The number of likely N-dealkylation sites (tertiary alicyclic amines) is 1. The van der Waals surface area contributed by atoms with Crippen LogP contribution in [0.5, 0.6) is 5.75 Å². The zero-order chi connectivity index (χ0) is 37.2. The van der Waals surface area contributed by atoms with Crippen LogP contribution < -0.4 is 34.0 Å². The molecule has 54 heavy (non-hydrogen) atoms. The first-order valence-electron chi connectivity index (χ1n) is 18.8. The maximum absolute atomic E-state index is 14.8. The third-order valence-corrected chi connectivity index (χ3v) is 11.1. The van der Waals surface area contributed by atoms with E-state index in [-0.39, 0.29) is 48.2 Å². The summed E-state index contributed by atoms with van der Waals surface area (Å²) in [6.07, 6.45) is 1.87. The Morgan fingerprint density at radius 3 is 2.30 bits per heavy atom. The Hall–Kier alpha value is -3.71. The molecule has 8 nitrogen and oxygen atoms in total. The number of piperidine rings is 1. The van der Waals surface area contributed by atoms with E-state index in [1.807, 2.05) is 54.3 Å². The number of piperazine rings is 1. The van der Waals surface area contributed by atoms with Gasteiger partial charge >= 0.3 is 6.09 Å². The van der Waals surface area contributed by atoms with Crippen molar-refractivity contribution in [3.05, 3.63) is 125 Å². The molecule has 11 heteroatoms. The van der Waals surface area contributed by atoms with Gasteiger partial charge in [0.15, 0.2) is 0 Å². The van der Waals surface area contributed by atoms with Crippen molar-refractivity contribution in [3.63, 3.8) is 0 Å². The summed E-state index contributed by atoms with van der Waals surface area (Å²) < 4.78 is 27.0. The molecule has 0 bridgehead atoms. The van der Waals surface area contributed by atoms with Crippen LogP contribution in [0, 0.1) is 11.7 Å². The SMILES string of the molecule is CCOc1cccc(F)c1CN1CCN(C(=O)C(NC(=O)OCc2ccccc2)C2CC[N+](C)(CCc3cc(Cl)ccc3-c3ccccc3)CC2)CC1.[I-]. The largest absolute Gasteiger partial charge is 1.00 e.